The van der Waals surface area contributed by atoms with E-state index >= 15 is 0 Å². The summed E-state index contributed by atoms with van der Waals surface area (Å²) in [6, 6.07) is 8.96. The fourth-order valence-electron chi connectivity index (χ4n) is 2.34. The van der Waals surface area contributed by atoms with Crippen LogP contribution in [0.2, 0.25) is 0 Å². The zero-order chi connectivity index (χ0) is 14.4. The topological polar surface area (TPSA) is 25.2 Å². The molecule has 0 saturated carbocycles. The first-order chi connectivity index (χ1) is 9.66. The molecule has 2 rings (SSSR count). The first-order valence-electron chi connectivity index (χ1n) is 7.13. The third-order valence-electron chi connectivity index (χ3n) is 3.35. The van der Waals surface area contributed by atoms with Crippen LogP contribution in [0.15, 0.2) is 47.3 Å². The Morgan fingerprint density at radius 3 is 2.60 bits per heavy atom. The van der Waals surface area contributed by atoms with Crippen LogP contribution in [0.25, 0.3) is 0 Å². The number of nitrogens with one attached hydrogen (secondary N) is 1. The van der Waals surface area contributed by atoms with Crippen molar-refractivity contribution in [1.82, 2.24) is 5.32 Å². The lowest BCUT2D eigenvalue weighted by Gasteiger charge is -2.19. The molecule has 1 atom stereocenters. The molecule has 0 radical (unpaired) electrons. The highest BCUT2D eigenvalue weighted by atomic mass is 19.1. The van der Waals surface area contributed by atoms with Gasteiger partial charge in [-0.2, -0.15) is 0 Å². The number of benzene rings is 1. The summed E-state index contributed by atoms with van der Waals surface area (Å²) in [6.07, 6.45) is 4.17. The van der Waals surface area contributed by atoms with Gasteiger partial charge in [0.25, 0.3) is 0 Å². The normalized spacial score (nSPS) is 12.8. The molecule has 2 nitrogen and oxygen atoms in total. The van der Waals surface area contributed by atoms with Crippen LogP contribution in [-0.4, -0.2) is 13.1 Å². The molecule has 0 amide bonds. The lowest BCUT2D eigenvalue weighted by molar-refractivity contribution is 0.497. The van der Waals surface area contributed by atoms with Gasteiger partial charge in [-0.15, -0.1) is 0 Å². The van der Waals surface area contributed by atoms with E-state index in [0.717, 1.165) is 30.6 Å². The van der Waals surface area contributed by atoms with Crippen molar-refractivity contribution in [3.05, 3.63) is 59.8 Å². The summed E-state index contributed by atoms with van der Waals surface area (Å²) in [5, 5.41) is 3.43. The minimum Gasteiger partial charge on any atom is -0.472 e. The number of furan rings is 1. The van der Waals surface area contributed by atoms with Gasteiger partial charge in [0.15, 0.2) is 0 Å². The third-order valence-corrected chi connectivity index (χ3v) is 3.35. The number of halogens is 1. The van der Waals surface area contributed by atoms with Crippen molar-refractivity contribution in [3.8, 4) is 0 Å². The highest BCUT2D eigenvalue weighted by Gasteiger charge is 2.16. The van der Waals surface area contributed by atoms with Crippen LogP contribution in [0.3, 0.4) is 0 Å². The minimum absolute atomic E-state index is 0.118. The van der Waals surface area contributed by atoms with E-state index in [1.807, 2.05) is 18.2 Å². The van der Waals surface area contributed by atoms with Gasteiger partial charge >= 0.3 is 0 Å². The van der Waals surface area contributed by atoms with E-state index < -0.39 is 0 Å². The molecule has 2 aromatic rings. The van der Waals surface area contributed by atoms with Crippen molar-refractivity contribution < 1.29 is 8.81 Å². The van der Waals surface area contributed by atoms with E-state index in [1.54, 1.807) is 18.6 Å². The molecule has 0 saturated heterocycles. The summed E-state index contributed by atoms with van der Waals surface area (Å²) in [7, 11) is 0. The molecule has 0 bridgehead atoms. The summed E-state index contributed by atoms with van der Waals surface area (Å²) in [5.74, 6) is 0.574. The second-order valence-electron chi connectivity index (χ2n) is 5.61. The Bertz CT molecular complexity index is 507. The Morgan fingerprint density at radius 1 is 1.15 bits per heavy atom. The molecule has 0 aliphatic carbocycles. The molecule has 0 aliphatic heterocycles. The van der Waals surface area contributed by atoms with Gasteiger partial charge in [-0.25, -0.2) is 4.39 Å². The molecule has 1 unspecified atom stereocenters. The van der Waals surface area contributed by atoms with E-state index in [4.69, 9.17) is 4.42 Å². The predicted molar refractivity (Wildman–Crippen MR) is 79.3 cm³/mol. The van der Waals surface area contributed by atoms with E-state index in [-0.39, 0.29) is 11.7 Å². The molecular weight excluding hydrogens is 253 g/mol. The maximum atomic E-state index is 14.0. The quantitative estimate of drug-likeness (QED) is 0.826. The van der Waals surface area contributed by atoms with Crippen LogP contribution in [-0.2, 0) is 6.42 Å². The zero-order valence-corrected chi connectivity index (χ0v) is 12.1. The fourth-order valence-corrected chi connectivity index (χ4v) is 2.34. The maximum Gasteiger partial charge on any atom is 0.126 e. The summed E-state index contributed by atoms with van der Waals surface area (Å²) in [5.41, 5.74) is 1.87. The first kappa shape index (κ1) is 14.8. The Kier molecular flexibility index (Phi) is 5.36. The summed E-state index contributed by atoms with van der Waals surface area (Å²) < 4.78 is 19.1. The Labute approximate surface area is 120 Å². The van der Waals surface area contributed by atoms with Gasteiger partial charge in [-0.1, -0.05) is 32.0 Å². The molecule has 1 aromatic heterocycles. The van der Waals surface area contributed by atoms with Crippen LogP contribution in [0.4, 0.5) is 4.39 Å². The van der Waals surface area contributed by atoms with E-state index in [0.29, 0.717) is 5.92 Å². The van der Waals surface area contributed by atoms with E-state index in [1.165, 1.54) is 6.07 Å². The van der Waals surface area contributed by atoms with Crippen LogP contribution in [0.1, 0.15) is 30.9 Å². The predicted octanol–water partition coefficient (Wildman–Crippen LogP) is 3.99. The highest BCUT2D eigenvalue weighted by molar-refractivity contribution is 5.24. The molecule has 108 valence electrons. The average molecular weight is 275 g/mol. The number of rotatable bonds is 7. The highest BCUT2D eigenvalue weighted by Crippen LogP contribution is 2.23. The van der Waals surface area contributed by atoms with Crippen LogP contribution in [0.5, 0.6) is 0 Å². The Balaban J connectivity index is 2.09. The minimum atomic E-state index is -0.132. The molecule has 1 heterocycles. The largest absolute Gasteiger partial charge is 0.472 e. The van der Waals surface area contributed by atoms with Crippen LogP contribution in [0, 0.1) is 11.7 Å². The smallest absolute Gasteiger partial charge is 0.126 e. The van der Waals surface area contributed by atoms with Crippen molar-refractivity contribution in [2.45, 2.75) is 26.2 Å². The summed E-state index contributed by atoms with van der Waals surface area (Å²) in [6.45, 7) is 6.04. The Morgan fingerprint density at radius 2 is 1.95 bits per heavy atom. The lowest BCUT2D eigenvalue weighted by Crippen LogP contribution is -2.27. The van der Waals surface area contributed by atoms with Crippen LogP contribution >= 0.6 is 0 Å². The second-order valence-corrected chi connectivity index (χ2v) is 5.61. The van der Waals surface area contributed by atoms with Gasteiger partial charge in [-0.05, 0) is 42.1 Å². The second kappa shape index (κ2) is 7.25. The van der Waals surface area contributed by atoms with Gasteiger partial charge in [-0.3, -0.25) is 0 Å². The number of hydrogen-bond acceptors (Lipinski definition) is 2. The van der Waals surface area contributed by atoms with Gasteiger partial charge < -0.3 is 9.73 Å². The molecule has 1 N–H and O–H groups in total. The van der Waals surface area contributed by atoms with Gasteiger partial charge in [0.05, 0.1) is 12.5 Å². The molecule has 1 aromatic carbocycles. The lowest BCUT2D eigenvalue weighted by atomic mass is 9.92. The molecule has 20 heavy (non-hydrogen) atoms. The van der Waals surface area contributed by atoms with Crippen molar-refractivity contribution in [2.24, 2.45) is 5.92 Å². The molecular formula is C17H22FNO. The first-order valence-corrected chi connectivity index (χ1v) is 7.13. The van der Waals surface area contributed by atoms with Gasteiger partial charge in [0, 0.05) is 12.5 Å². The van der Waals surface area contributed by atoms with Crippen molar-refractivity contribution in [3.63, 3.8) is 0 Å². The standard InChI is InChI=1S/C17H22FNO/c1-13(2)10-19-11-15(9-14-7-8-20-12-14)16-5-3-4-6-17(16)18/h3-8,12-13,15,19H,9-11H2,1-2H3. The van der Waals surface area contributed by atoms with Gasteiger partial charge in [0.1, 0.15) is 5.82 Å². The SMILES string of the molecule is CC(C)CNCC(Cc1ccoc1)c1ccccc1F. The van der Waals surface area contributed by atoms with E-state index in [2.05, 4.69) is 19.2 Å². The summed E-state index contributed by atoms with van der Waals surface area (Å²) in [4.78, 5) is 0. The molecule has 0 aliphatic rings. The molecule has 0 spiro atoms. The van der Waals surface area contributed by atoms with Crippen LogP contribution < -0.4 is 5.32 Å². The Hall–Kier alpha value is -1.61. The zero-order valence-electron chi connectivity index (χ0n) is 12.1. The number of hydrogen-bond donors (Lipinski definition) is 1. The monoisotopic (exact) mass is 275 g/mol. The summed E-state index contributed by atoms with van der Waals surface area (Å²) >= 11 is 0. The van der Waals surface area contributed by atoms with Crippen molar-refractivity contribution in [2.75, 3.05) is 13.1 Å². The average Bonchev–Trinajstić information content (AvgIpc) is 2.91. The van der Waals surface area contributed by atoms with Crippen molar-refractivity contribution >= 4 is 0 Å². The third kappa shape index (κ3) is 4.20. The molecule has 3 heteroatoms. The van der Waals surface area contributed by atoms with Gasteiger partial charge in [0.2, 0.25) is 0 Å². The van der Waals surface area contributed by atoms with E-state index in [9.17, 15) is 4.39 Å². The van der Waals surface area contributed by atoms with Crippen molar-refractivity contribution in [1.29, 1.82) is 0 Å². The fraction of sp³-hybridized carbons (Fsp3) is 0.412. The maximum absolute atomic E-state index is 14.0. The molecule has 0 fully saturated rings.